The topological polar surface area (TPSA) is 88.1 Å². The third-order valence-electron chi connectivity index (χ3n) is 3.56. The number of carbonyl (C=O) groups is 1. The summed E-state index contributed by atoms with van der Waals surface area (Å²) in [7, 11) is -2.28. The molecule has 27 heavy (non-hydrogen) atoms. The lowest BCUT2D eigenvalue weighted by Crippen LogP contribution is -2.39. The first-order valence-corrected chi connectivity index (χ1v) is 10.1. The van der Waals surface area contributed by atoms with Gasteiger partial charge in [-0.15, -0.1) is 0 Å². The fourth-order valence-electron chi connectivity index (χ4n) is 2.27. The summed E-state index contributed by atoms with van der Waals surface area (Å²) in [6.45, 7) is 1.39. The van der Waals surface area contributed by atoms with E-state index in [2.05, 4.69) is 10.5 Å². The normalized spacial score (nSPS) is 11.4. The Labute approximate surface area is 163 Å². The lowest BCUT2D eigenvalue weighted by atomic mass is 10.2. The molecule has 0 unspecified atom stereocenters. The SMILES string of the molecule is COc1ccc(C)cc1N(CC(=O)N/N=C\c1ccc(Cl)cc1)S(C)(=O)=O. The summed E-state index contributed by atoms with van der Waals surface area (Å²) in [5.41, 5.74) is 4.18. The highest BCUT2D eigenvalue weighted by Crippen LogP contribution is 2.30. The number of ether oxygens (including phenoxy) is 1. The maximum Gasteiger partial charge on any atom is 0.260 e. The van der Waals surface area contributed by atoms with Crippen molar-refractivity contribution in [3.8, 4) is 5.75 Å². The number of anilines is 1. The van der Waals surface area contributed by atoms with E-state index < -0.39 is 22.5 Å². The van der Waals surface area contributed by atoms with Crippen LogP contribution >= 0.6 is 11.6 Å². The molecule has 0 aromatic heterocycles. The monoisotopic (exact) mass is 409 g/mol. The molecule has 0 aliphatic carbocycles. The van der Waals surface area contributed by atoms with Gasteiger partial charge in [-0.1, -0.05) is 29.8 Å². The van der Waals surface area contributed by atoms with Crippen molar-refractivity contribution < 1.29 is 17.9 Å². The van der Waals surface area contributed by atoms with Crippen LogP contribution in [-0.2, 0) is 14.8 Å². The molecule has 2 rings (SSSR count). The summed E-state index contributed by atoms with van der Waals surface area (Å²) < 4.78 is 30.6. The van der Waals surface area contributed by atoms with E-state index in [0.29, 0.717) is 10.8 Å². The molecule has 0 radical (unpaired) electrons. The van der Waals surface area contributed by atoms with Gasteiger partial charge in [-0.05, 0) is 42.3 Å². The number of rotatable bonds is 7. The van der Waals surface area contributed by atoms with E-state index in [1.165, 1.54) is 13.3 Å². The number of nitrogens with one attached hydrogen (secondary N) is 1. The van der Waals surface area contributed by atoms with Crippen molar-refractivity contribution in [1.29, 1.82) is 0 Å². The first-order valence-electron chi connectivity index (χ1n) is 7.90. The second-order valence-corrected chi connectivity index (χ2v) is 8.13. The predicted octanol–water partition coefficient (Wildman–Crippen LogP) is 2.57. The predicted molar refractivity (Wildman–Crippen MR) is 107 cm³/mol. The van der Waals surface area contributed by atoms with Crippen molar-refractivity contribution >= 4 is 39.4 Å². The van der Waals surface area contributed by atoms with Crippen LogP contribution in [0, 0.1) is 6.92 Å². The minimum atomic E-state index is -3.72. The molecule has 1 amide bonds. The molecule has 0 saturated carbocycles. The van der Waals surface area contributed by atoms with Crippen LogP contribution in [0.5, 0.6) is 5.75 Å². The molecule has 1 N–H and O–H groups in total. The van der Waals surface area contributed by atoms with Gasteiger partial charge in [0.2, 0.25) is 10.0 Å². The highest BCUT2D eigenvalue weighted by Gasteiger charge is 2.24. The Morgan fingerprint density at radius 3 is 2.52 bits per heavy atom. The van der Waals surface area contributed by atoms with E-state index >= 15 is 0 Å². The first-order chi connectivity index (χ1) is 12.7. The summed E-state index contributed by atoms with van der Waals surface area (Å²) >= 11 is 5.80. The van der Waals surface area contributed by atoms with Crippen LogP contribution < -0.4 is 14.5 Å². The van der Waals surface area contributed by atoms with Gasteiger partial charge in [-0.2, -0.15) is 5.10 Å². The number of benzene rings is 2. The number of aryl methyl sites for hydroxylation is 1. The second-order valence-electron chi connectivity index (χ2n) is 5.79. The quantitative estimate of drug-likeness (QED) is 0.562. The number of nitrogens with zero attached hydrogens (tertiary/aromatic N) is 2. The van der Waals surface area contributed by atoms with Crippen LogP contribution in [-0.4, -0.2) is 40.4 Å². The summed E-state index contributed by atoms with van der Waals surface area (Å²) in [5, 5.41) is 4.43. The number of carbonyl (C=O) groups excluding carboxylic acids is 1. The average Bonchev–Trinajstić information content (AvgIpc) is 2.60. The van der Waals surface area contributed by atoms with E-state index in [0.717, 1.165) is 21.7 Å². The summed E-state index contributed by atoms with van der Waals surface area (Å²) in [4.78, 5) is 12.2. The highest BCUT2D eigenvalue weighted by molar-refractivity contribution is 7.92. The average molecular weight is 410 g/mol. The Kier molecular flexibility index (Phi) is 6.81. The highest BCUT2D eigenvalue weighted by atomic mass is 35.5. The smallest absolute Gasteiger partial charge is 0.260 e. The first kappa shape index (κ1) is 20.7. The van der Waals surface area contributed by atoms with Crippen LogP contribution in [0.2, 0.25) is 5.02 Å². The van der Waals surface area contributed by atoms with Crippen LogP contribution in [0.3, 0.4) is 0 Å². The molecule has 2 aromatic carbocycles. The number of hydrogen-bond acceptors (Lipinski definition) is 5. The van der Waals surface area contributed by atoms with Gasteiger partial charge in [0.05, 0.1) is 25.3 Å². The zero-order valence-corrected chi connectivity index (χ0v) is 16.7. The molecule has 0 aliphatic rings. The van der Waals surface area contributed by atoms with Gasteiger partial charge in [-0.3, -0.25) is 9.10 Å². The van der Waals surface area contributed by atoms with Gasteiger partial charge in [0.15, 0.2) is 0 Å². The van der Waals surface area contributed by atoms with Gasteiger partial charge < -0.3 is 4.74 Å². The Balaban J connectivity index is 2.16. The fourth-order valence-corrected chi connectivity index (χ4v) is 3.25. The van der Waals surface area contributed by atoms with Crippen molar-refractivity contribution in [2.75, 3.05) is 24.2 Å². The van der Waals surface area contributed by atoms with E-state index in [9.17, 15) is 13.2 Å². The van der Waals surface area contributed by atoms with E-state index in [-0.39, 0.29) is 5.69 Å². The van der Waals surface area contributed by atoms with Crippen molar-refractivity contribution in [2.45, 2.75) is 6.92 Å². The Bertz CT molecular complexity index is 944. The zero-order valence-electron chi connectivity index (χ0n) is 15.1. The van der Waals surface area contributed by atoms with Gasteiger partial charge in [0.1, 0.15) is 12.3 Å². The van der Waals surface area contributed by atoms with E-state index in [1.54, 1.807) is 42.5 Å². The third-order valence-corrected chi connectivity index (χ3v) is 4.94. The van der Waals surface area contributed by atoms with Gasteiger partial charge >= 0.3 is 0 Å². The van der Waals surface area contributed by atoms with Crippen LogP contribution in [0.15, 0.2) is 47.6 Å². The Morgan fingerprint density at radius 2 is 1.93 bits per heavy atom. The van der Waals surface area contributed by atoms with Gasteiger partial charge in [-0.25, -0.2) is 13.8 Å². The Morgan fingerprint density at radius 1 is 1.26 bits per heavy atom. The van der Waals surface area contributed by atoms with Gasteiger partial charge in [0.25, 0.3) is 5.91 Å². The standard InChI is InChI=1S/C18H20ClN3O4S/c1-13-4-9-17(26-2)16(10-13)22(27(3,24)25)12-18(23)21-20-11-14-5-7-15(19)8-6-14/h4-11H,12H2,1-3H3,(H,21,23)/b20-11-. The third kappa shape index (κ3) is 5.97. The largest absolute Gasteiger partial charge is 0.495 e. The minimum absolute atomic E-state index is 0.289. The van der Waals surface area contributed by atoms with Crippen molar-refractivity contribution in [2.24, 2.45) is 5.10 Å². The molecule has 0 atom stereocenters. The number of halogens is 1. The molecule has 2 aromatic rings. The van der Waals surface area contributed by atoms with Crippen LogP contribution in [0.1, 0.15) is 11.1 Å². The van der Waals surface area contributed by atoms with Crippen molar-refractivity contribution in [3.05, 3.63) is 58.6 Å². The lowest BCUT2D eigenvalue weighted by molar-refractivity contribution is -0.119. The molecule has 0 saturated heterocycles. The van der Waals surface area contributed by atoms with Crippen molar-refractivity contribution in [1.82, 2.24) is 5.43 Å². The molecule has 0 aliphatic heterocycles. The second kappa shape index (κ2) is 8.88. The lowest BCUT2D eigenvalue weighted by Gasteiger charge is -2.23. The molecule has 0 fully saturated rings. The number of methoxy groups -OCH3 is 1. The molecular weight excluding hydrogens is 390 g/mol. The molecule has 0 spiro atoms. The summed E-state index contributed by atoms with van der Waals surface area (Å²) in [5.74, 6) is -0.238. The molecule has 144 valence electrons. The minimum Gasteiger partial charge on any atom is -0.495 e. The summed E-state index contributed by atoms with van der Waals surface area (Å²) in [6.07, 6.45) is 2.46. The number of sulfonamides is 1. The molecular formula is C18H20ClN3O4S. The fraction of sp³-hybridized carbons (Fsp3) is 0.222. The maximum atomic E-state index is 12.2. The summed E-state index contributed by atoms with van der Waals surface area (Å²) in [6, 6.07) is 11.9. The molecule has 0 bridgehead atoms. The van der Waals surface area contributed by atoms with E-state index in [4.69, 9.17) is 16.3 Å². The maximum absolute atomic E-state index is 12.2. The molecule has 0 heterocycles. The zero-order chi connectivity index (χ0) is 20.0. The molecule has 7 nitrogen and oxygen atoms in total. The number of hydrogen-bond donors (Lipinski definition) is 1. The van der Waals surface area contributed by atoms with E-state index in [1.807, 2.05) is 6.92 Å². The number of amides is 1. The van der Waals surface area contributed by atoms with Crippen LogP contribution in [0.4, 0.5) is 5.69 Å². The van der Waals surface area contributed by atoms with Crippen molar-refractivity contribution in [3.63, 3.8) is 0 Å². The Hall–Kier alpha value is -2.58. The van der Waals surface area contributed by atoms with Gasteiger partial charge in [0, 0.05) is 5.02 Å². The number of hydrazone groups is 1. The van der Waals surface area contributed by atoms with Crippen LogP contribution in [0.25, 0.3) is 0 Å². The molecule has 9 heteroatoms.